The van der Waals surface area contributed by atoms with Crippen molar-refractivity contribution >= 4 is 11.7 Å². The van der Waals surface area contributed by atoms with Crippen LogP contribution < -0.4 is 10.2 Å². The number of quaternary nitrogens is 1. The molecule has 1 fully saturated rings. The van der Waals surface area contributed by atoms with E-state index in [1.54, 1.807) is 4.90 Å². The summed E-state index contributed by atoms with van der Waals surface area (Å²) in [5.74, 6) is 0. The van der Waals surface area contributed by atoms with E-state index in [-0.39, 0.29) is 6.03 Å². The zero-order valence-corrected chi connectivity index (χ0v) is 15.4. The lowest BCUT2D eigenvalue weighted by Gasteiger charge is -2.32. The monoisotopic (exact) mass is 338 g/mol. The molecule has 0 saturated carbocycles. The van der Waals surface area contributed by atoms with Gasteiger partial charge in [0.25, 0.3) is 0 Å². The van der Waals surface area contributed by atoms with Gasteiger partial charge in [-0.15, -0.1) is 0 Å². The van der Waals surface area contributed by atoms with E-state index in [2.05, 4.69) is 48.6 Å². The lowest BCUT2D eigenvalue weighted by molar-refractivity contribution is -0.917. The van der Waals surface area contributed by atoms with Crippen molar-refractivity contribution in [1.82, 2.24) is 4.90 Å². The lowest BCUT2D eigenvalue weighted by atomic mass is 10.1. The van der Waals surface area contributed by atoms with Gasteiger partial charge < -0.3 is 15.1 Å². The molecule has 3 rings (SSSR count). The van der Waals surface area contributed by atoms with Gasteiger partial charge in [0.1, 0.15) is 6.54 Å². The first-order valence-electron chi connectivity index (χ1n) is 9.03. The number of benzene rings is 2. The Morgan fingerprint density at radius 2 is 1.64 bits per heavy atom. The number of urea groups is 1. The van der Waals surface area contributed by atoms with Crippen LogP contribution in [0.2, 0.25) is 0 Å². The molecule has 2 aromatic carbocycles. The molecule has 0 aromatic heterocycles. The van der Waals surface area contributed by atoms with Crippen LogP contribution in [-0.2, 0) is 6.54 Å². The second kappa shape index (κ2) is 7.70. The highest BCUT2D eigenvalue weighted by Gasteiger charge is 2.24. The molecule has 132 valence electrons. The molecule has 4 nitrogen and oxygen atoms in total. The number of rotatable bonds is 3. The van der Waals surface area contributed by atoms with Crippen LogP contribution in [0.4, 0.5) is 10.5 Å². The van der Waals surface area contributed by atoms with E-state index in [0.717, 1.165) is 49.5 Å². The fourth-order valence-electron chi connectivity index (χ4n) is 3.26. The van der Waals surface area contributed by atoms with Crippen LogP contribution in [0, 0.1) is 20.8 Å². The SMILES string of the molecule is Cc1ccc(C[NH+]2CCN(C(=O)Nc3cc(C)ccc3C)CC2)cc1. The molecule has 0 atom stereocenters. The Morgan fingerprint density at radius 3 is 2.32 bits per heavy atom. The first-order valence-corrected chi connectivity index (χ1v) is 9.03. The molecule has 1 saturated heterocycles. The quantitative estimate of drug-likeness (QED) is 0.887. The van der Waals surface area contributed by atoms with Gasteiger partial charge in [-0.3, -0.25) is 0 Å². The lowest BCUT2D eigenvalue weighted by Crippen LogP contribution is -3.13. The first kappa shape index (κ1) is 17.5. The van der Waals surface area contributed by atoms with E-state index in [9.17, 15) is 4.79 Å². The summed E-state index contributed by atoms with van der Waals surface area (Å²) in [6.45, 7) is 10.8. The molecule has 2 aromatic rings. The summed E-state index contributed by atoms with van der Waals surface area (Å²) < 4.78 is 0. The smallest absolute Gasteiger partial charge is 0.322 e. The fraction of sp³-hybridized carbons (Fsp3) is 0.381. The summed E-state index contributed by atoms with van der Waals surface area (Å²) in [6, 6.07) is 14.9. The molecule has 0 unspecified atom stereocenters. The van der Waals surface area contributed by atoms with Gasteiger partial charge in [-0.25, -0.2) is 4.79 Å². The van der Waals surface area contributed by atoms with E-state index in [4.69, 9.17) is 0 Å². The number of nitrogens with zero attached hydrogens (tertiary/aromatic N) is 1. The molecule has 25 heavy (non-hydrogen) atoms. The Hall–Kier alpha value is -2.33. The predicted molar refractivity (Wildman–Crippen MR) is 102 cm³/mol. The molecular formula is C21H28N3O+. The molecule has 0 spiro atoms. The van der Waals surface area contributed by atoms with Gasteiger partial charge in [0.15, 0.2) is 0 Å². The van der Waals surface area contributed by atoms with Crippen molar-refractivity contribution in [2.24, 2.45) is 0 Å². The van der Waals surface area contributed by atoms with Crippen molar-refractivity contribution in [3.63, 3.8) is 0 Å². The van der Waals surface area contributed by atoms with Crippen molar-refractivity contribution in [2.75, 3.05) is 31.5 Å². The second-order valence-electron chi connectivity index (χ2n) is 7.15. The molecule has 4 heteroatoms. The van der Waals surface area contributed by atoms with Gasteiger partial charge >= 0.3 is 6.03 Å². The van der Waals surface area contributed by atoms with Crippen molar-refractivity contribution < 1.29 is 9.69 Å². The molecule has 2 amide bonds. The zero-order valence-electron chi connectivity index (χ0n) is 15.4. The van der Waals surface area contributed by atoms with Crippen molar-refractivity contribution in [1.29, 1.82) is 0 Å². The molecular weight excluding hydrogens is 310 g/mol. The largest absolute Gasteiger partial charge is 0.328 e. The summed E-state index contributed by atoms with van der Waals surface area (Å²) in [5.41, 5.74) is 5.84. The van der Waals surface area contributed by atoms with Gasteiger partial charge in [-0.2, -0.15) is 0 Å². The normalized spacial score (nSPS) is 15.2. The number of carbonyl (C=O) groups is 1. The van der Waals surface area contributed by atoms with Gasteiger partial charge in [0, 0.05) is 11.3 Å². The fourth-order valence-corrected chi connectivity index (χ4v) is 3.26. The van der Waals surface area contributed by atoms with Gasteiger partial charge in [0.05, 0.1) is 26.2 Å². The van der Waals surface area contributed by atoms with Gasteiger partial charge in [-0.05, 0) is 38.0 Å². The molecule has 2 N–H and O–H groups in total. The Balaban J connectivity index is 1.52. The van der Waals surface area contributed by atoms with Crippen LogP contribution in [0.3, 0.4) is 0 Å². The molecule has 1 heterocycles. The van der Waals surface area contributed by atoms with E-state index < -0.39 is 0 Å². The van der Waals surface area contributed by atoms with Crippen LogP contribution >= 0.6 is 0 Å². The second-order valence-corrected chi connectivity index (χ2v) is 7.15. The van der Waals surface area contributed by atoms with Gasteiger partial charge in [-0.1, -0.05) is 42.0 Å². The summed E-state index contributed by atoms with van der Waals surface area (Å²) in [7, 11) is 0. The van der Waals surface area contributed by atoms with E-state index in [1.165, 1.54) is 11.1 Å². The van der Waals surface area contributed by atoms with E-state index >= 15 is 0 Å². The topological polar surface area (TPSA) is 36.8 Å². The maximum atomic E-state index is 12.5. The minimum absolute atomic E-state index is 0.0167. The van der Waals surface area contributed by atoms with Crippen LogP contribution in [0.15, 0.2) is 42.5 Å². The van der Waals surface area contributed by atoms with Crippen molar-refractivity contribution in [3.8, 4) is 0 Å². The Bertz CT molecular complexity index is 731. The molecule has 0 bridgehead atoms. The van der Waals surface area contributed by atoms with E-state index in [0.29, 0.717) is 0 Å². The van der Waals surface area contributed by atoms with Gasteiger partial charge in [0.2, 0.25) is 0 Å². The maximum absolute atomic E-state index is 12.5. The average Bonchev–Trinajstić information content (AvgIpc) is 2.61. The summed E-state index contributed by atoms with van der Waals surface area (Å²) in [6.07, 6.45) is 0. The Morgan fingerprint density at radius 1 is 1.00 bits per heavy atom. The summed E-state index contributed by atoms with van der Waals surface area (Å²) >= 11 is 0. The Kier molecular flexibility index (Phi) is 5.39. The van der Waals surface area contributed by atoms with Crippen LogP contribution in [0.25, 0.3) is 0 Å². The molecule has 0 aliphatic carbocycles. The van der Waals surface area contributed by atoms with Crippen LogP contribution in [0.1, 0.15) is 22.3 Å². The number of hydrogen-bond acceptors (Lipinski definition) is 1. The minimum atomic E-state index is 0.0167. The molecule has 1 aliphatic heterocycles. The minimum Gasteiger partial charge on any atom is -0.328 e. The number of aryl methyl sites for hydroxylation is 3. The standard InChI is InChI=1S/C21H27N3O/c1-16-5-8-19(9-6-16)15-23-10-12-24(13-11-23)21(25)22-20-14-17(2)4-7-18(20)3/h4-9,14H,10-13,15H2,1-3H3,(H,22,25)/p+1. The zero-order chi connectivity index (χ0) is 17.8. The van der Waals surface area contributed by atoms with Crippen LogP contribution in [0.5, 0.6) is 0 Å². The number of piperazine rings is 1. The number of nitrogens with one attached hydrogen (secondary N) is 2. The highest BCUT2D eigenvalue weighted by Crippen LogP contribution is 2.17. The molecule has 0 radical (unpaired) electrons. The highest BCUT2D eigenvalue weighted by molar-refractivity contribution is 5.90. The molecule has 1 aliphatic rings. The maximum Gasteiger partial charge on any atom is 0.322 e. The number of amides is 2. The highest BCUT2D eigenvalue weighted by atomic mass is 16.2. The number of anilines is 1. The predicted octanol–water partition coefficient (Wildman–Crippen LogP) is 2.54. The third kappa shape index (κ3) is 4.60. The van der Waals surface area contributed by atoms with Crippen LogP contribution in [-0.4, -0.2) is 37.1 Å². The van der Waals surface area contributed by atoms with Crippen molar-refractivity contribution in [2.45, 2.75) is 27.3 Å². The number of carbonyl (C=O) groups excluding carboxylic acids is 1. The first-order chi connectivity index (χ1) is 12.0. The average molecular weight is 338 g/mol. The third-order valence-electron chi connectivity index (χ3n) is 4.97. The summed E-state index contributed by atoms with van der Waals surface area (Å²) in [5, 5.41) is 3.07. The summed E-state index contributed by atoms with van der Waals surface area (Å²) in [4.78, 5) is 16.0. The van der Waals surface area contributed by atoms with Crippen molar-refractivity contribution in [3.05, 3.63) is 64.7 Å². The Labute approximate surface area is 150 Å². The van der Waals surface area contributed by atoms with E-state index in [1.807, 2.05) is 24.8 Å². The number of hydrogen-bond donors (Lipinski definition) is 2. The third-order valence-corrected chi connectivity index (χ3v) is 4.97.